The third kappa shape index (κ3) is 2.75. The van der Waals surface area contributed by atoms with E-state index in [1.807, 2.05) is 25.1 Å². The molecule has 0 saturated heterocycles. The minimum Gasteiger partial charge on any atom is -0.294 e. The Balaban J connectivity index is 2.20. The molecule has 2 aromatic rings. The fourth-order valence-electron chi connectivity index (χ4n) is 1.74. The molecular weight excluding hydrogens is 212 g/mol. The summed E-state index contributed by atoms with van der Waals surface area (Å²) in [7, 11) is 0. The van der Waals surface area contributed by atoms with E-state index in [-0.39, 0.29) is 5.78 Å². The van der Waals surface area contributed by atoms with Crippen molar-refractivity contribution >= 4 is 5.78 Å². The van der Waals surface area contributed by atoms with Gasteiger partial charge in [-0.1, -0.05) is 13.0 Å². The summed E-state index contributed by atoms with van der Waals surface area (Å²) in [5, 5.41) is 0. The van der Waals surface area contributed by atoms with Gasteiger partial charge in [-0.05, 0) is 30.2 Å². The van der Waals surface area contributed by atoms with Gasteiger partial charge in [-0.2, -0.15) is 0 Å². The van der Waals surface area contributed by atoms with E-state index in [1.165, 1.54) is 0 Å². The van der Waals surface area contributed by atoms with Crippen LogP contribution in [0.15, 0.2) is 42.9 Å². The lowest BCUT2D eigenvalue weighted by Crippen LogP contribution is -2.08. The highest BCUT2D eigenvalue weighted by molar-refractivity contribution is 5.98. The molecule has 0 saturated carbocycles. The first-order chi connectivity index (χ1) is 8.31. The minimum absolute atomic E-state index is 0.1000. The normalized spacial score (nSPS) is 10.2. The standard InChI is InChI=1S/C14H14N2O/c1-2-11-10-15-8-6-13(11)14(17)9-12-5-3-4-7-16-12/h3-8,10H,2,9H2,1H3. The second-order valence-corrected chi connectivity index (χ2v) is 3.81. The SMILES string of the molecule is CCc1cnccc1C(=O)Cc1ccccn1. The number of carbonyl (C=O) groups excluding carboxylic acids is 1. The zero-order chi connectivity index (χ0) is 12.1. The monoisotopic (exact) mass is 226 g/mol. The van der Waals surface area contributed by atoms with Crippen molar-refractivity contribution in [1.82, 2.24) is 9.97 Å². The molecule has 0 aliphatic rings. The van der Waals surface area contributed by atoms with E-state index in [2.05, 4.69) is 9.97 Å². The van der Waals surface area contributed by atoms with Crippen molar-refractivity contribution in [3.05, 3.63) is 59.7 Å². The van der Waals surface area contributed by atoms with Gasteiger partial charge in [-0.25, -0.2) is 0 Å². The number of hydrogen-bond donors (Lipinski definition) is 0. The third-order valence-electron chi connectivity index (χ3n) is 2.65. The summed E-state index contributed by atoms with van der Waals surface area (Å²) < 4.78 is 0. The van der Waals surface area contributed by atoms with E-state index in [0.717, 1.165) is 23.2 Å². The lowest BCUT2D eigenvalue weighted by Gasteiger charge is -2.05. The van der Waals surface area contributed by atoms with Gasteiger partial charge in [0.25, 0.3) is 0 Å². The zero-order valence-electron chi connectivity index (χ0n) is 9.76. The van der Waals surface area contributed by atoms with Crippen LogP contribution in [0.1, 0.15) is 28.5 Å². The van der Waals surface area contributed by atoms with E-state index < -0.39 is 0 Å². The fourth-order valence-corrected chi connectivity index (χ4v) is 1.74. The Kier molecular flexibility index (Phi) is 3.60. The number of nitrogens with zero attached hydrogens (tertiary/aromatic N) is 2. The van der Waals surface area contributed by atoms with Gasteiger partial charge in [0.05, 0.1) is 6.42 Å². The second kappa shape index (κ2) is 5.34. The van der Waals surface area contributed by atoms with Crippen LogP contribution >= 0.6 is 0 Å². The average Bonchev–Trinajstić information content (AvgIpc) is 2.40. The van der Waals surface area contributed by atoms with Gasteiger partial charge in [-0.15, -0.1) is 0 Å². The summed E-state index contributed by atoms with van der Waals surface area (Å²) in [6.45, 7) is 2.02. The zero-order valence-corrected chi connectivity index (χ0v) is 9.76. The highest BCUT2D eigenvalue weighted by Gasteiger charge is 2.11. The molecule has 0 atom stereocenters. The van der Waals surface area contributed by atoms with Crippen LogP contribution in [0.2, 0.25) is 0 Å². The highest BCUT2D eigenvalue weighted by Crippen LogP contribution is 2.11. The first-order valence-corrected chi connectivity index (χ1v) is 5.67. The molecule has 2 rings (SSSR count). The lowest BCUT2D eigenvalue weighted by atomic mass is 10.0. The molecule has 3 nitrogen and oxygen atoms in total. The number of pyridine rings is 2. The molecule has 0 bridgehead atoms. The molecule has 0 aliphatic carbocycles. The lowest BCUT2D eigenvalue weighted by molar-refractivity contribution is 0.0991. The Hall–Kier alpha value is -2.03. The second-order valence-electron chi connectivity index (χ2n) is 3.81. The van der Waals surface area contributed by atoms with Crippen LogP contribution in [0, 0.1) is 0 Å². The van der Waals surface area contributed by atoms with Crippen molar-refractivity contribution in [1.29, 1.82) is 0 Å². The highest BCUT2D eigenvalue weighted by atomic mass is 16.1. The molecule has 17 heavy (non-hydrogen) atoms. The average molecular weight is 226 g/mol. The van der Waals surface area contributed by atoms with E-state index in [9.17, 15) is 4.79 Å². The van der Waals surface area contributed by atoms with E-state index in [0.29, 0.717) is 6.42 Å². The topological polar surface area (TPSA) is 42.9 Å². The number of rotatable bonds is 4. The Bertz CT molecular complexity index is 509. The van der Waals surface area contributed by atoms with Gasteiger partial charge in [0, 0.05) is 29.8 Å². The summed E-state index contributed by atoms with van der Waals surface area (Å²) in [5.41, 5.74) is 2.55. The van der Waals surface area contributed by atoms with Crippen LogP contribution < -0.4 is 0 Å². The fraction of sp³-hybridized carbons (Fsp3) is 0.214. The van der Waals surface area contributed by atoms with Crippen LogP contribution in [0.5, 0.6) is 0 Å². The van der Waals surface area contributed by atoms with Crippen molar-refractivity contribution in [2.24, 2.45) is 0 Å². The molecule has 86 valence electrons. The van der Waals surface area contributed by atoms with Gasteiger partial charge in [0.1, 0.15) is 0 Å². The summed E-state index contributed by atoms with van der Waals surface area (Å²) in [4.78, 5) is 20.3. The molecule has 0 amide bonds. The molecule has 0 spiro atoms. The molecule has 0 aliphatic heterocycles. The first kappa shape index (κ1) is 11.5. The maximum absolute atomic E-state index is 12.1. The van der Waals surface area contributed by atoms with Crippen LogP contribution in [0.25, 0.3) is 0 Å². The molecule has 0 unspecified atom stereocenters. The minimum atomic E-state index is 0.1000. The van der Waals surface area contributed by atoms with Crippen molar-refractivity contribution < 1.29 is 4.79 Å². The maximum atomic E-state index is 12.1. The van der Waals surface area contributed by atoms with Crippen molar-refractivity contribution in [3.8, 4) is 0 Å². The molecule has 0 aromatic carbocycles. The summed E-state index contributed by atoms with van der Waals surface area (Å²) in [6.07, 6.45) is 6.28. The number of aromatic nitrogens is 2. The molecule has 3 heteroatoms. The van der Waals surface area contributed by atoms with Gasteiger partial charge in [0.15, 0.2) is 5.78 Å². The Labute approximate surface area is 101 Å². The molecule has 0 N–H and O–H groups in total. The van der Waals surface area contributed by atoms with Crippen LogP contribution in [-0.4, -0.2) is 15.8 Å². The van der Waals surface area contributed by atoms with Gasteiger partial charge in [-0.3, -0.25) is 14.8 Å². The molecule has 2 aromatic heterocycles. The summed E-state index contributed by atoms with van der Waals surface area (Å²) in [6, 6.07) is 7.38. The molecule has 0 fully saturated rings. The number of Topliss-reactive ketones (excluding diaryl/α,β-unsaturated/α-hetero) is 1. The van der Waals surface area contributed by atoms with Crippen LogP contribution in [0.3, 0.4) is 0 Å². The predicted octanol–water partition coefficient (Wildman–Crippen LogP) is 2.46. The number of ketones is 1. The Morgan fingerprint density at radius 3 is 2.82 bits per heavy atom. The molecule has 0 radical (unpaired) electrons. The Morgan fingerprint density at radius 2 is 2.12 bits per heavy atom. The smallest absolute Gasteiger partial charge is 0.169 e. The largest absolute Gasteiger partial charge is 0.294 e. The third-order valence-corrected chi connectivity index (χ3v) is 2.65. The number of aryl methyl sites for hydroxylation is 1. The van der Waals surface area contributed by atoms with Crippen molar-refractivity contribution in [2.75, 3.05) is 0 Å². The van der Waals surface area contributed by atoms with Gasteiger partial charge >= 0.3 is 0 Å². The van der Waals surface area contributed by atoms with E-state index in [4.69, 9.17) is 0 Å². The first-order valence-electron chi connectivity index (χ1n) is 5.67. The van der Waals surface area contributed by atoms with Crippen molar-refractivity contribution in [3.63, 3.8) is 0 Å². The predicted molar refractivity (Wildman–Crippen MR) is 65.9 cm³/mol. The molecular formula is C14H14N2O. The number of hydrogen-bond acceptors (Lipinski definition) is 3. The van der Waals surface area contributed by atoms with Crippen LogP contribution in [0.4, 0.5) is 0 Å². The number of carbonyl (C=O) groups is 1. The summed E-state index contributed by atoms with van der Waals surface area (Å²) in [5.74, 6) is 0.1000. The van der Waals surface area contributed by atoms with Crippen molar-refractivity contribution in [2.45, 2.75) is 19.8 Å². The van der Waals surface area contributed by atoms with Gasteiger partial charge in [0.2, 0.25) is 0 Å². The summed E-state index contributed by atoms with van der Waals surface area (Å²) >= 11 is 0. The quantitative estimate of drug-likeness (QED) is 0.752. The molecule has 2 heterocycles. The Morgan fingerprint density at radius 1 is 1.24 bits per heavy atom. The maximum Gasteiger partial charge on any atom is 0.169 e. The van der Waals surface area contributed by atoms with Crippen LogP contribution in [-0.2, 0) is 12.8 Å². The van der Waals surface area contributed by atoms with E-state index in [1.54, 1.807) is 24.7 Å². The van der Waals surface area contributed by atoms with E-state index >= 15 is 0 Å². The van der Waals surface area contributed by atoms with Gasteiger partial charge < -0.3 is 0 Å².